The van der Waals surface area contributed by atoms with Crippen molar-refractivity contribution in [2.75, 3.05) is 11.5 Å². The second-order valence-electron chi connectivity index (χ2n) is 4.57. The zero-order valence-corrected chi connectivity index (χ0v) is 11.8. The van der Waals surface area contributed by atoms with Crippen LogP contribution in [0.25, 0.3) is 0 Å². The second kappa shape index (κ2) is 5.23. The summed E-state index contributed by atoms with van der Waals surface area (Å²) in [6.45, 7) is -0.267. The van der Waals surface area contributed by atoms with Crippen LogP contribution in [0.4, 0.5) is 0 Å². The first-order chi connectivity index (χ1) is 8.82. The van der Waals surface area contributed by atoms with Crippen LogP contribution < -0.4 is 4.72 Å². The molecule has 0 saturated carbocycles. The maximum atomic E-state index is 12.0. The Hall–Kier alpha value is -0.900. The van der Waals surface area contributed by atoms with Gasteiger partial charge in [-0.05, 0) is 18.9 Å². The van der Waals surface area contributed by atoms with Crippen LogP contribution in [0.1, 0.15) is 18.5 Å². The van der Waals surface area contributed by atoms with Gasteiger partial charge in [0.2, 0.25) is 10.0 Å². The molecule has 2 rings (SSSR count). The summed E-state index contributed by atoms with van der Waals surface area (Å²) >= 11 is 0. The van der Waals surface area contributed by atoms with E-state index in [1.165, 1.54) is 12.3 Å². The van der Waals surface area contributed by atoms with Gasteiger partial charge in [-0.25, -0.2) is 21.6 Å². The molecule has 1 saturated heterocycles. The Morgan fingerprint density at radius 3 is 2.53 bits per heavy atom. The standard InChI is InChI=1S/C10H16N2O5S2/c13-7-9-5-10(6-11-9)19(16,17)12-8-1-3-18(14,15)4-2-8/h5-6,8,11-13H,1-4,7H2. The molecule has 2 heterocycles. The number of hydrogen-bond donors (Lipinski definition) is 3. The van der Waals surface area contributed by atoms with Gasteiger partial charge in [0.05, 0.1) is 23.0 Å². The largest absolute Gasteiger partial charge is 0.390 e. The summed E-state index contributed by atoms with van der Waals surface area (Å²) in [6, 6.07) is 0.989. The quantitative estimate of drug-likeness (QED) is 0.684. The minimum atomic E-state index is -3.67. The van der Waals surface area contributed by atoms with Crippen molar-refractivity contribution >= 4 is 19.9 Å². The van der Waals surface area contributed by atoms with Crippen molar-refractivity contribution in [2.24, 2.45) is 0 Å². The van der Waals surface area contributed by atoms with Crippen LogP contribution in [-0.2, 0) is 26.5 Å². The van der Waals surface area contributed by atoms with E-state index in [1.54, 1.807) is 0 Å². The summed E-state index contributed by atoms with van der Waals surface area (Å²) in [5.41, 5.74) is 0.409. The van der Waals surface area contributed by atoms with Gasteiger partial charge in [0.25, 0.3) is 0 Å². The molecule has 9 heteroatoms. The van der Waals surface area contributed by atoms with Crippen molar-refractivity contribution in [3.63, 3.8) is 0 Å². The minimum Gasteiger partial charge on any atom is -0.390 e. The highest BCUT2D eigenvalue weighted by molar-refractivity contribution is 7.91. The van der Waals surface area contributed by atoms with Crippen LogP contribution in [0.2, 0.25) is 0 Å². The van der Waals surface area contributed by atoms with Crippen LogP contribution in [0, 0.1) is 0 Å². The van der Waals surface area contributed by atoms with E-state index in [0.29, 0.717) is 18.5 Å². The number of sulfonamides is 1. The average molecular weight is 308 g/mol. The molecule has 1 aliphatic heterocycles. The SMILES string of the molecule is O=S1(=O)CCC(NS(=O)(=O)c2c[nH]c(CO)c2)CC1. The second-order valence-corrected chi connectivity index (χ2v) is 8.58. The molecule has 7 nitrogen and oxygen atoms in total. The predicted octanol–water partition coefficient (Wildman–Crippen LogP) is -0.637. The van der Waals surface area contributed by atoms with Gasteiger partial charge in [-0.3, -0.25) is 0 Å². The number of aliphatic hydroxyl groups is 1. The van der Waals surface area contributed by atoms with Gasteiger partial charge in [-0.2, -0.15) is 0 Å². The average Bonchev–Trinajstić information content (AvgIpc) is 2.81. The molecule has 1 aliphatic rings. The van der Waals surface area contributed by atoms with Crippen LogP contribution in [0.3, 0.4) is 0 Å². The number of H-pyrrole nitrogens is 1. The topological polar surface area (TPSA) is 116 Å². The van der Waals surface area contributed by atoms with Gasteiger partial charge in [0.15, 0.2) is 0 Å². The van der Waals surface area contributed by atoms with E-state index >= 15 is 0 Å². The highest BCUT2D eigenvalue weighted by Crippen LogP contribution is 2.16. The predicted molar refractivity (Wildman–Crippen MR) is 68.7 cm³/mol. The lowest BCUT2D eigenvalue weighted by atomic mass is 10.2. The van der Waals surface area contributed by atoms with Gasteiger partial charge < -0.3 is 10.1 Å². The lowest BCUT2D eigenvalue weighted by molar-refractivity contribution is 0.277. The summed E-state index contributed by atoms with van der Waals surface area (Å²) in [5, 5.41) is 8.88. The van der Waals surface area contributed by atoms with Crippen molar-refractivity contribution in [3.05, 3.63) is 18.0 Å². The third kappa shape index (κ3) is 3.56. The normalized spacial score (nSPS) is 20.5. The van der Waals surface area contributed by atoms with Crippen molar-refractivity contribution in [2.45, 2.75) is 30.4 Å². The first-order valence-corrected chi connectivity index (χ1v) is 9.14. The number of aromatic amines is 1. The van der Waals surface area contributed by atoms with Gasteiger partial charge in [0.1, 0.15) is 9.84 Å². The fourth-order valence-corrected chi connectivity index (χ4v) is 4.77. The molecule has 0 bridgehead atoms. The Morgan fingerprint density at radius 2 is 2.00 bits per heavy atom. The van der Waals surface area contributed by atoms with E-state index in [9.17, 15) is 16.8 Å². The monoisotopic (exact) mass is 308 g/mol. The first-order valence-electron chi connectivity index (χ1n) is 5.83. The van der Waals surface area contributed by atoms with E-state index < -0.39 is 19.9 Å². The fourth-order valence-electron chi connectivity index (χ4n) is 1.96. The van der Waals surface area contributed by atoms with E-state index in [1.807, 2.05) is 0 Å². The lowest BCUT2D eigenvalue weighted by Gasteiger charge is -2.22. The van der Waals surface area contributed by atoms with Crippen LogP contribution >= 0.6 is 0 Å². The molecule has 0 aromatic carbocycles. The zero-order valence-electron chi connectivity index (χ0n) is 10.2. The highest BCUT2D eigenvalue weighted by atomic mass is 32.2. The van der Waals surface area contributed by atoms with Crippen LogP contribution in [0.15, 0.2) is 17.2 Å². The number of aliphatic hydroxyl groups excluding tert-OH is 1. The van der Waals surface area contributed by atoms with Crippen LogP contribution in [-0.4, -0.2) is 44.5 Å². The summed E-state index contributed by atoms with van der Waals surface area (Å²) < 4.78 is 49.1. The number of rotatable bonds is 4. The molecule has 0 radical (unpaired) electrons. The van der Waals surface area contributed by atoms with Crippen molar-refractivity contribution in [1.29, 1.82) is 0 Å². The third-order valence-corrected chi connectivity index (χ3v) is 6.29. The molecule has 0 atom stereocenters. The third-order valence-electron chi connectivity index (χ3n) is 3.07. The number of sulfone groups is 1. The molecule has 108 valence electrons. The van der Waals surface area contributed by atoms with Crippen molar-refractivity contribution in [1.82, 2.24) is 9.71 Å². The van der Waals surface area contributed by atoms with E-state index in [4.69, 9.17) is 5.11 Å². The molecular weight excluding hydrogens is 292 g/mol. The zero-order chi connectivity index (χ0) is 14.1. The van der Waals surface area contributed by atoms with Crippen molar-refractivity contribution < 1.29 is 21.9 Å². The summed E-state index contributed by atoms with van der Waals surface area (Å²) in [7, 11) is -6.68. The smallest absolute Gasteiger partial charge is 0.242 e. The Balaban J connectivity index is 2.06. The highest BCUT2D eigenvalue weighted by Gasteiger charge is 2.27. The molecule has 0 unspecified atom stereocenters. The number of aromatic nitrogens is 1. The molecule has 0 aliphatic carbocycles. The van der Waals surface area contributed by atoms with Crippen molar-refractivity contribution in [3.8, 4) is 0 Å². The molecule has 1 fully saturated rings. The molecule has 1 aromatic rings. The maximum absolute atomic E-state index is 12.0. The minimum absolute atomic E-state index is 0.00914. The molecule has 3 N–H and O–H groups in total. The van der Waals surface area contributed by atoms with Gasteiger partial charge in [-0.1, -0.05) is 0 Å². The molecule has 1 aromatic heterocycles. The van der Waals surface area contributed by atoms with E-state index in [2.05, 4.69) is 9.71 Å². The Bertz CT molecular complexity index is 633. The lowest BCUT2D eigenvalue weighted by Crippen LogP contribution is -2.40. The molecule has 0 spiro atoms. The molecular formula is C10H16N2O5S2. The maximum Gasteiger partial charge on any atom is 0.242 e. The first kappa shape index (κ1) is 14.5. The summed E-state index contributed by atoms with van der Waals surface area (Å²) in [6.07, 6.45) is 1.88. The summed E-state index contributed by atoms with van der Waals surface area (Å²) in [4.78, 5) is 2.69. The summed E-state index contributed by atoms with van der Waals surface area (Å²) in [5.74, 6) is 0.0183. The fraction of sp³-hybridized carbons (Fsp3) is 0.600. The Kier molecular flexibility index (Phi) is 4.00. The van der Waals surface area contributed by atoms with Gasteiger partial charge >= 0.3 is 0 Å². The van der Waals surface area contributed by atoms with E-state index in [-0.39, 0.29) is 29.0 Å². The van der Waals surface area contributed by atoms with Gasteiger partial charge in [-0.15, -0.1) is 0 Å². The van der Waals surface area contributed by atoms with Crippen LogP contribution in [0.5, 0.6) is 0 Å². The number of nitrogens with one attached hydrogen (secondary N) is 2. The van der Waals surface area contributed by atoms with Gasteiger partial charge in [0, 0.05) is 17.9 Å². The number of hydrogen-bond acceptors (Lipinski definition) is 5. The molecule has 0 amide bonds. The molecule has 19 heavy (non-hydrogen) atoms. The van der Waals surface area contributed by atoms with E-state index in [0.717, 1.165) is 0 Å². The Labute approximate surface area is 112 Å². The Morgan fingerprint density at radius 1 is 1.37 bits per heavy atom.